The van der Waals surface area contributed by atoms with Gasteiger partial charge in [-0.3, -0.25) is 0 Å². The molecule has 1 aromatic heterocycles. The van der Waals surface area contributed by atoms with Gasteiger partial charge in [0, 0.05) is 31.1 Å². The van der Waals surface area contributed by atoms with Gasteiger partial charge in [0.25, 0.3) is 0 Å². The van der Waals surface area contributed by atoms with Gasteiger partial charge < -0.3 is 14.8 Å². The van der Waals surface area contributed by atoms with Crippen molar-refractivity contribution >= 4 is 0 Å². The molecule has 1 saturated heterocycles. The molecule has 1 aromatic rings. The lowest BCUT2D eigenvalue weighted by Gasteiger charge is -2.23. The molecule has 2 heterocycles. The minimum atomic E-state index is 0.250. The van der Waals surface area contributed by atoms with E-state index in [1.54, 1.807) is 0 Å². The van der Waals surface area contributed by atoms with E-state index in [-0.39, 0.29) is 6.10 Å². The first-order chi connectivity index (χ1) is 9.28. The molecule has 0 aliphatic carbocycles. The topological polar surface area (TPSA) is 43.4 Å². The highest BCUT2D eigenvalue weighted by Gasteiger charge is 2.16. The quantitative estimate of drug-likeness (QED) is 0.802. The van der Waals surface area contributed by atoms with Crippen molar-refractivity contribution in [2.24, 2.45) is 0 Å². The maximum absolute atomic E-state index is 5.96. The number of hydrogen-bond acceptors (Lipinski definition) is 4. The molecule has 0 radical (unpaired) electrons. The second-order valence-corrected chi connectivity index (χ2v) is 5.06. The highest BCUT2D eigenvalue weighted by Crippen LogP contribution is 2.18. The van der Waals surface area contributed by atoms with E-state index in [4.69, 9.17) is 9.47 Å². The molecule has 2 rings (SSSR count). The smallest absolute Gasteiger partial charge is 0.214 e. The molecular weight excluding hydrogens is 240 g/mol. The van der Waals surface area contributed by atoms with Crippen molar-refractivity contribution in [2.75, 3.05) is 19.8 Å². The zero-order chi connectivity index (χ0) is 13.5. The first kappa shape index (κ1) is 14.3. The monoisotopic (exact) mass is 264 g/mol. The zero-order valence-electron chi connectivity index (χ0n) is 11.9. The minimum Gasteiger partial charge on any atom is -0.474 e. The molecule has 1 fully saturated rings. The third-order valence-electron chi connectivity index (χ3n) is 3.20. The summed E-state index contributed by atoms with van der Waals surface area (Å²) in [6.45, 7) is 7.69. The van der Waals surface area contributed by atoms with Gasteiger partial charge in [-0.1, -0.05) is 6.92 Å². The highest BCUT2D eigenvalue weighted by molar-refractivity contribution is 5.24. The van der Waals surface area contributed by atoms with Crippen molar-refractivity contribution in [3.63, 3.8) is 0 Å². The molecule has 4 heteroatoms. The Balaban J connectivity index is 1.95. The normalized spacial score (nSPS) is 16.5. The molecule has 1 aliphatic heterocycles. The van der Waals surface area contributed by atoms with Crippen LogP contribution in [0.1, 0.15) is 37.4 Å². The first-order valence-electron chi connectivity index (χ1n) is 7.20. The molecule has 1 aliphatic rings. The van der Waals surface area contributed by atoms with E-state index in [9.17, 15) is 0 Å². The molecule has 0 saturated carbocycles. The lowest BCUT2D eigenvalue weighted by atomic mass is 10.1. The largest absolute Gasteiger partial charge is 0.474 e. The predicted octanol–water partition coefficient (Wildman–Crippen LogP) is 2.45. The van der Waals surface area contributed by atoms with Crippen molar-refractivity contribution < 1.29 is 9.47 Å². The van der Waals surface area contributed by atoms with Crippen LogP contribution in [0, 0.1) is 6.92 Å². The van der Waals surface area contributed by atoms with Gasteiger partial charge in [0.1, 0.15) is 6.10 Å². The summed E-state index contributed by atoms with van der Waals surface area (Å²) in [5.74, 6) is 0.750. The van der Waals surface area contributed by atoms with Crippen molar-refractivity contribution in [3.05, 3.63) is 23.4 Å². The van der Waals surface area contributed by atoms with Crippen LogP contribution >= 0.6 is 0 Å². The molecule has 0 unspecified atom stereocenters. The van der Waals surface area contributed by atoms with Gasteiger partial charge in [-0.2, -0.15) is 0 Å². The van der Waals surface area contributed by atoms with Crippen LogP contribution in [0.3, 0.4) is 0 Å². The minimum absolute atomic E-state index is 0.250. The number of aryl methyl sites for hydroxylation is 1. The Hall–Kier alpha value is -1.13. The highest BCUT2D eigenvalue weighted by atomic mass is 16.5. The van der Waals surface area contributed by atoms with Crippen LogP contribution in [0.2, 0.25) is 0 Å². The van der Waals surface area contributed by atoms with E-state index in [0.717, 1.165) is 57.1 Å². The van der Waals surface area contributed by atoms with Gasteiger partial charge >= 0.3 is 0 Å². The number of aromatic nitrogens is 1. The van der Waals surface area contributed by atoms with E-state index in [2.05, 4.69) is 23.3 Å². The molecule has 0 spiro atoms. The summed E-state index contributed by atoms with van der Waals surface area (Å²) in [4.78, 5) is 4.47. The Bertz CT molecular complexity index is 390. The third-order valence-corrected chi connectivity index (χ3v) is 3.20. The van der Waals surface area contributed by atoms with Crippen LogP contribution in [0.5, 0.6) is 5.88 Å². The Kier molecular flexibility index (Phi) is 5.61. The average Bonchev–Trinajstić information content (AvgIpc) is 2.39. The molecule has 0 aromatic carbocycles. The van der Waals surface area contributed by atoms with Crippen LogP contribution in [0.4, 0.5) is 0 Å². The van der Waals surface area contributed by atoms with E-state index in [0.29, 0.717) is 0 Å². The molecule has 0 amide bonds. The number of rotatable bonds is 6. The number of nitrogens with zero attached hydrogens (tertiary/aromatic N) is 1. The summed E-state index contributed by atoms with van der Waals surface area (Å²) in [7, 11) is 0. The second-order valence-electron chi connectivity index (χ2n) is 5.06. The zero-order valence-corrected chi connectivity index (χ0v) is 11.9. The third kappa shape index (κ3) is 4.80. The van der Waals surface area contributed by atoms with Crippen LogP contribution in [0.25, 0.3) is 0 Å². The van der Waals surface area contributed by atoms with Crippen LogP contribution in [-0.2, 0) is 11.3 Å². The van der Waals surface area contributed by atoms with Crippen molar-refractivity contribution in [1.82, 2.24) is 10.3 Å². The van der Waals surface area contributed by atoms with E-state index >= 15 is 0 Å². The van der Waals surface area contributed by atoms with E-state index in [1.165, 1.54) is 5.56 Å². The Labute approximate surface area is 115 Å². The van der Waals surface area contributed by atoms with Gasteiger partial charge in [0.15, 0.2) is 0 Å². The maximum atomic E-state index is 5.96. The Morgan fingerprint density at radius 1 is 1.37 bits per heavy atom. The second kappa shape index (κ2) is 7.46. The fourth-order valence-corrected chi connectivity index (χ4v) is 2.24. The maximum Gasteiger partial charge on any atom is 0.214 e. The summed E-state index contributed by atoms with van der Waals surface area (Å²) in [5, 5.41) is 3.41. The molecule has 4 nitrogen and oxygen atoms in total. The van der Waals surface area contributed by atoms with Gasteiger partial charge in [-0.25, -0.2) is 4.98 Å². The van der Waals surface area contributed by atoms with Crippen LogP contribution < -0.4 is 10.1 Å². The fraction of sp³-hybridized carbons (Fsp3) is 0.667. The lowest BCUT2D eigenvalue weighted by molar-refractivity contribution is 0.0236. The van der Waals surface area contributed by atoms with Crippen LogP contribution in [0.15, 0.2) is 12.1 Å². The van der Waals surface area contributed by atoms with Gasteiger partial charge in [0.05, 0.1) is 13.2 Å². The predicted molar refractivity (Wildman–Crippen MR) is 75.4 cm³/mol. The number of nitrogens with one attached hydrogen (secondary N) is 1. The number of ether oxygens (including phenoxy) is 2. The Morgan fingerprint density at radius 2 is 2.16 bits per heavy atom. The number of pyridine rings is 1. The van der Waals surface area contributed by atoms with Crippen LogP contribution in [-0.4, -0.2) is 30.8 Å². The summed E-state index contributed by atoms with van der Waals surface area (Å²) in [6.07, 6.45) is 3.31. The summed E-state index contributed by atoms with van der Waals surface area (Å²) < 4.78 is 11.3. The Morgan fingerprint density at radius 3 is 2.89 bits per heavy atom. The number of hydrogen-bond donors (Lipinski definition) is 1. The lowest BCUT2D eigenvalue weighted by Crippen LogP contribution is -2.26. The molecule has 106 valence electrons. The molecule has 0 atom stereocenters. The molecular formula is C15H24N2O2. The van der Waals surface area contributed by atoms with Crippen molar-refractivity contribution in [3.8, 4) is 5.88 Å². The summed E-state index contributed by atoms with van der Waals surface area (Å²) >= 11 is 0. The molecule has 19 heavy (non-hydrogen) atoms. The summed E-state index contributed by atoms with van der Waals surface area (Å²) in [5.41, 5.74) is 2.25. The average molecular weight is 264 g/mol. The standard InChI is InChI=1S/C15H24N2O2/c1-3-6-16-11-13-9-12(2)17-15(10-13)19-14-4-7-18-8-5-14/h9-10,14,16H,3-8,11H2,1-2H3. The van der Waals surface area contributed by atoms with Gasteiger partial charge in [-0.15, -0.1) is 0 Å². The molecule has 1 N–H and O–H groups in total. The van der Waals surface area contributed by atoms with E-state index < -0.39 is 0 Å². The van der Waals surface area contributed by atoms with Gasteiger partial charge in [0.2, 0.25) is 5.88 Å². The first-order valence-corrected chi connectivity index (χ1v) is 7.20. The van der Waals surface area contributed by atoms with Crippen molar-refractivity contribution in [2.45, 2.75) is 45.8 Å². The molecule has 0 bridgehead atoms. The fourth-order valence-electron chi connectivity index (χ4n) is 2.24. The van der Waals surface area contributed by atoms with E-state index in [1.807, 2.05) is 13.0 Å². The summed E-state index contributed by atoms with van der Waals surface area (Å²) in [6, 6.07) is 4.16. The SMILES string of the molecule is CCCNCc1cc(C)nc(OC2CCOCC2)c1. The van der Waals surface area contributed by atoms with Gasteiger partial charge in [-0.05, 0) is 31.5 Å². The van der Waals surface area contributed by atoms with Crippen molar-refractivity contribution in [1.29, 1.82) is 0 Å².